The largest absolute Gasteiger partial charge is 0.461 e. The van der Waals surface area contributed by atoms with E-state index in [-0.39, 0.29) is 49.5 Å². The molecule has 0 radical (unpaired) electrons. The second-order valence-corrected chi connectivity index (χ2v) is 11.1. The summed E-state index contributed by atoms with van der Waals surface area (Å²) < 4.78 is 33.0. The van der Waals surface area contributed by atoms with Gasteiger partial charge in [-0.05, 0) is 77.9 Å². The van der Waals surface area contributed by atoms with Gasteiger partial charge in [0, 0.05) is 61.8 Å². The van der Waals surface area contributed by atoms with Gasteiger partial charge in [-0.25, -0.2) is 13.8 Å². The highest BCUT2D eigenvalue weighted by Gasteiger charge is 2.43. The van der Waals surface area contributed by atoms with Gasteiger partial charge >= 0.3 is 0 Å². The number of hydrogen-bond donors (Lipinski definition) is 1. The summed E-state index contributed by atoms with van der Waals surface area (Å²) in [5.74, 6) is -1.13. The number of ketones is 1. The third-order valence-corrected chi connectivity index (χ3v) is 8.16. The molecule has 2 fully saturated rings. The molecule has 6 rings (SSSR count). The van der Waals surface area contributed by atoms with Crippen LogP contribution < -0.4 is 5.73 Å². The number of benzene rings is 2. The number of fused-ring (bicyclic) bond motifs is 1. The number of anilines is 1. The number of nitrogens with two attached hydrogens (primary N) is 1. The fourth-order valence-electron chi connectivity index (χ4n) is 5.68. The third kappa shape index (κ3) is 5.35. The van der Waals surface area contributed by atoms with Gasteiger partial charge in [-0.3, -0.25) is 9.59 Å². The van der Waals surface area contributed by atoms with Crippen molar-refractivity contribution >= 4 is 28.5 Å². The maximum absolute atomic E-state index is 13.5. The monoisotopic (exact) mass is 543 g/mol. The Bertz CT molecular complexity index is 1570. The van der Waals surface area contributed by atoms with Gasteiger partial charge in [0.05, 0.1) is 0 Å². The predicted molar refractivity (Wildman–Crippen MR) is 149 cm³/mol. The average Bonchev–Trinajstić information content (AvgIpc) is 3.63. The lowest BCUT2D eigenvalue weighted by Gasteiger charge is -2.31. The Kier molecular flexibility index (Phi) is 6.64. The number of Topliss-reactive ketones (excluding diaryl/α,β-unsaturated/α-hetero) is 1. The zero-order valence-electron chi connectivity index (χ0n) is 22.3. The van der Waals surface area contributed by atoms with E-state index in [1.165, 1.54) is 4.90 Å². The number of aromatic nitrogens is 1. The molecule has 2 aromatic heterocycles. The lowest BCUT2D eigenvalue weighted by atomic mass is 9.99. The molecule has 1 amide bonds. The Balaban J connectivity index is 1.10. The number of rotatable bonds is 7. The minimum atomic E-state index is -2.68. The van der Waals surface area contributed by atoms with Crippen molar-refractivity contribution in [1.29, 1.82) is 0 Å². The molecule has 8 heteroatoms. The maximum Gasteiger partial charge on any atom is 0.253 e. The van der Waals surface area contributed by atoms with Crippen LogP contribution in [-0.4, -0.2) is 40.6 Å². The molecular weight excluding hydrogens is 512 g/mol. The predicted octanol–water partition coefficient (Wildman–Crippen LogP) is 6.56. The number of nitrogen functional groups attached to an aromatic ring is 1. The van der Waals surface area contributed by atoms with Gasteiger partial charge in [0.1, 0.15) is 22.9 Å². The molecule has 6 nitrogen and oxygen atoms in total. The summed E-state index contributed by atoms with van der Waals surface area (Å²) in [5, 5.41) is 0.962. The highest BCUT2D eigenvalue weighted by molar-refractivity contribution is 5.95. The lowest BCUT2D eigenvalue weighted by Crippen LogP contribution is -2.42. The molecule has 40 heavy (non-hydrogen) atoms. The Labute approximate surface area is 231 Å². The van der Waals surface area contributed by atoms with Crippen molar-refractivity contribution < 1.29 is 22.8 Å². The van der Waals surface area contributed by atoms with E-state index in [4.69, 9.17) is 10.2 Å². The van der Waals surface area contributed by atoms with Gasteiger partial charge < -0.3 is 15.1 Å². The number of aryl methyl sites for hydroxylation is 2. The number of likely N-dealkylation sites (tertiary alicyclic amines) is 1. The van der Waals surface area contributed by atoms with Crippen LogP contribution in [-0.2, 0) is 11.2 Å². The fourth-order valence-corrected chi connectivity index (χ4v) is 5.68. The van der Waals surface area contributed by atoms with Gasteiger partial charge in [0.15, 0.2) is 0 Å². The van der Waals surface area contributed by atoms with Crippen LogP contribution in [0.1, 0.15) is 58.8 Å². The Morgan fingerprint density at radius 3 is 2.50 bits per heavy atom. The second kappa shape index (κ2) is 10.2. The topological polar surface area (TPSA) is 89.4 Å². The maximum atomic E-state index is 13.5. The number of hydrogen-bond acceptors (Lipinski definition) is 5. The van der Waals surface area contributed by atoms with Crippen LogP contribution in [0.5, 0.6) is 0 Å². The van der Waals surface area contributed by atoms with Crippen molar-refractivity contribution in [3.63, 3.8) is 0 Å². The SMILES string of the molecule is Cc1cc(-c2ccc(C(=O)N3CCC(F)(F)CC3)cc2)cc2cc(CCC(=O)C3CC3c3ccc(N)nc3)oc12. The molecule has 1 saturated heterocycles. The smallest absolute Gasteiger partial charge is 0.253 e. The molecule has 2 aliphatic rings. The van der Waals surface area contributed by atoms with Crippen molar-refractivity contribution in [2.75, 3.05) is 18.8 Å². The molecule has 3 heterocycles. The Morgan fingerprint density at radius 1 is 1.05 bits per heavy atom. The number of piperidine rings is 1. The molecule has 2 N–H and O–H groups in total. The van der Waals surface area contributed by atoms with Gasteiger partial charge in [-0.15, -0.1) is 0 Å². The summed E-state index contributed by atoms with van der Waals surface area (Å²) in [6.45, 7) is 2.13. The minimum Gasteiger partial charge on any atom is -0.461 e. The van der Waals surface area contributed by atoms with E-state index in [9.17, 15) is 18.4 Å². The van der Waals surface area contributed by atoms with Crippen molar-refractivity contribution in [2.45, 2.75) is 50.9 Å². The van der Waals surface area contributed by atoms with E-state index in [1.54, 1.807) is 24.4 Å². The van der Waals surface area contributed by atoms with Gasteiger partial charge in [-0.1, -0.05) is 18.2 Å². The van der Waals surface area contributed by atoms with Crippen LogP contribution in [0.4, 0.5) is 14.6 Å². The molecular formula is C32H31F2N3O3. The van der Waals surface area contributed by atoms with E-state index in [1.807, 2.05) is 43.3 Å². The van der Waals surface area contributed by atoms with E-state index >= 15 is 0 Å². The minimum absolute atomic E-state index is 0.0360. The standard InChI is InChI=1S/C32H31F2N3O3/c1-19-14-23(20-2-4-21(5-3-20)31(39)37-12-10-32(33,34)11-13-37)15-24-16-25(40-30(19)24)7-8-28(38)27-17-26(27)22-6-9-29(35)36-18-22/h2-6,9,14-16,18,26-27H,7-8,10-13,17H2,1H3,(H2,35,36). The number of alkyl halides is 2. The van der Waals surface area contributed by atoms with Gasteiger partial charge in [0.25, 0.3) is 11.8 Å². The first-order chi connectivity index (χ1) is 19.2. The summed E-state index contributed by atoms with van der Waals surface area (Å²) in [4.78, 5) is 31.2. The van der Waals surface area contributed by atoms with Crippen LogP contribution in [0.15, 0.2) is 65.2 Å². The molecule has 4 aromatic rings. The summed E-state index contributed by atoms with van der Waals surface area (Å²) in [6.07, 6.45) is 3.00. The van der Waals surface area contributed by atoms with Crippen LogP contribution in [0.25, 0.3) is 22.1 Å². The van der Waals surface area contributed by atoms with Gasteiger partial charge in [0.2, 0.25) is 0 Å². The Hall–Kier alpha value is -4.07. The van der Waals surface area contributed by atoms with Crippen LogP contribution >= 0.6 is 0 Å². The summed E-state index contributed by atoms with van der Waals surface area (Å²) in [6, 6.07) is 17.1. The number of pyridine rings is 1. The normalized spacial score (nSPS) is 20.0. The number of amides is 1. The average molecular weight is 544 g/mol. The van der Waals surface area contributed by atoms with Crippen LogP contribution in [0.2, 0.25) is 0 Å². The molecule has 1 aliphatic heterocycles. The molecule has 2 atom stereocenters. The van der Waals surface area contributed by atoms with Crippen molar-refractivity contribution in [3.8, 4) is 11.1 Å². The number of carbonyl (C=O) groups is 2. The first-order valence-electron chi connectivity index (χ1n) is 13.7. The van der Waals surface area contributed by atoms with E-state index in [0.717, 1.165) is 45.4 Å². The quantitative estimate of drug-likeness (QED) is 0.285. The first kappa shape index (κ1) is 26.2. The summed E-state index contributed by atoms with van der Waals surface area (Å²) in [7, 11) is 0. The lowest BCUT2D eigenvalue weighted by molar-refractivity contribution is -0.120. The molecule has 2 aromatic carbocycles. The summed E-state index contributed by atoms with van der Waals surface area (Å²) in [5.41, 5.74) is 10.9. The van der Waals surface area contributed by atoms with E-state index < -0.39 is 5.92 Å². The Morgan fingerprint density at radius 2 is 1.80 bits per heavy atom. The van der Waals surface area contributed by atoms with Crippen molar-refractivity contribution in [3.05, 3.63) is 83.2 Å². The van der Waals surface area contributed by atoms with E-state index in [0.29, 0.717) is 24.2 Å². The summed E-state index contributed by atoms with van der Waals surface area (Å²) >= 11 is 0. The first-order valence-corrected chi connectivity index (χ1v) is 13.7. The molecule has 0 bridgehead atoms. The zero-order valence-corrected chi connectivity index (χ0v) is 22.3. The third-order valence-electron chi connectivity index (χ3n) is 8.16. The highest BCUT2D eigenvalue weighted by Crippen LogP contribution is 2.48. The van der Waals surface area contributed by atoms with Crippen molar-refractivity contribution in [2.24, 2.45) is 5.92 Å². The van der Waals surface area contributed by atoms with Gasteiger partial charge in [-0.2, -0.15) is 0 Å². The molecule has 1 saturated carbocycles. The fraction of sp³-hybridized carbons (Fsp3) is 0.344. The van der Waals surface area contributed by atoms with E-state index in [2.05, 4.69) is 4.98 Å². The van der Waals surface area contributed by atoms with Crippen LogP contribution in [0.3, 0.4) is 0 Å². The molecule has 0 spiro atoms. The number of furan rings is 1. The molecule has 206 valence electrons. The molecule has 2 unspecified atom stereocenters. The number of nitrogens with zero attached hydrogens (tertiary/aromatic N) is 2. The number of halogens is 2. The molecule has 1 aliphatic carbocycles. The zero-order chi connectivity index (χ0) is 28.0. The van der Waals surface area contributed by atoms with Crippen LogP contribution in [0, 0.1) is 12.8 Å². The number of carbonyl (C=O) groups excluding carboxylic acids is 2. The van der Waals surface area contributed by atoms with Crippen molar-refractivity contribution in [1.82, 2.24) is 9.88 Å². The second-order valence-electron chi connectivity index (χ2n) is 11.1. The highest BCUT2D eigenvalue weighted by atomic mass is 19.3.